The number of hydrogen-bond acceptors (Lipinski definition) is 3. The van der Waals surface area contributed by atoms with Crippen molar-refractivity contribution < 1.29 is 8.42 Å². The Kier molecular flexibility index (Phi) is 8.02. The summed E-state index contributed by atoms with van der Waals surface area (Å²) in [6, 6.07) is 0.164. The Morgan fingerprint density at radius 2 is 1.85 bits per heavy atom. The molecule has 5 nitrogen and oxygen atoms in total. The Bertz CT molecular complexity index is 353. The lowest BCUT2D eigenvalue weighted by Crippen LogP contribution is -2.51. The maximum atomic E-state index is 12.9. The molecule has 0 saturated carbocycles. The van der Waals surface area contributed by atoms with Gasteiger partial charge in [-0.2, -0.15) is 17.0 Å². The van der Waals surface area contributed by atoms with Gasteiger partial charge in [0.05, 0.1) is 0 Å². The second-order valence-electron chi connectivity index (χ2n) is 5.56. The zero-order valence-electron chi connectivity index (χ0n) is 13.3. The Morgan fingerprint density at radius 3 is 2.40 bits per heavy atom. The van der Waals surface area contributed by atoms with Crippen LogP contribution in [0.2, 0.25) is 0 Å². The van der Waals surface area contributed by atoms with Crippen molar-refractivity contribution in [3.8, 4) is 0 Å². The summed E-state index contributed by atoms with van der Waals surface area (Å²) in [5.74, 6) is 0. The van der Waals surface area contributed by atoms with Crippen molar-refractivity contribution >= 4 is 10.2 Å². The molecule has 20 heavy (non-hydrogen) atoms. The van der Waals surface area contributed by atoms with Crippen LogP contribution in [0.4, 0.5) is 0 Å². The molecule has 0 bridgehead atoms. The second-order valence-corrected chi connectivity index (χ2v) is 7.44. The first-order chi connectivity index (χ1) is 9.57. The summed E-state index contributed by atoms with van der Waals surface area (Å²) in [5, 5.41) is 3.13. The summed E-state index contributed by atoms with van der Waals surface area (Å²) >= 11 is 0. The molecular formula is C14H31N3O2S. The monoisotopic (exact) mass is 305 g/mol. The van der Waals surface area contributed by atoms with Crippen molar-refractivity contribution in [1.29, 1.82) is 0 Å². The van der Waals surface area contributed by atoms with Crippen LogP contribution in [0.1, 0.15) is 52.4 Å². The van der Waals surface area contributed by atoms with Crippen LogP contribution in [0.25, 0.3) is 0 Å². The highest BCUT2D eigenvalue weighted by Gasteiger charge is 2.35. The van der Waals surface area contributed by atoms with E-state index in [2.05, 4.69) is 5.32 Å². The Balaban J connectivity index is 2.84. The maximum Gasteiger partial charge on any atom is 0.282 e. The van der Waals surface area contributed by atoms with Crippen LogP contribution < -0.4 is 5.32 Å². The van der Waals surface area contributed by atoms with Gasteiger partial charge in [-0.3, -0.25) is 0 Å². The van der Waals surface area contributed by atoms with E-state index in [9.17, 15) is 8.42 Å². The van der Waals surface area contributed by atoms with Gasteiger partial charge in [-0.05, 0) is 45.7 Å². The molecule has 0 amide bonds. The summed E-state index contributed by atoms with van der Waals surface area (Å²) in [6.07, 6.45) is 5.76. The first-order valence-electron chi connectivity index (χ1n) is 7.99. The molecule has 0 aromatic rings. The molecular weight excluding hydrogens is 274 g/mol. The first-order valence-corrected chi connectivity index (χ1v) is 9.39. The number of hydrogen-bond donors (Lipinski definition) is 1. The van der Waals surface area contributed by atoms with Gasteiger partial charge in [0.2, 0.25) is 0 Å². The molecule has 1 rings (SSSR count). The molecule has 1 saturated heterocycles. The quantitative estimate of drug-likeness (QED) is 0.707. The molecule has 0 aromatic heterocycles. The molecule has 1 heterocycles. The molecule has 1 atom stereocenters. The fourth-order valence-corrected chi connectivity index (χ4v) is 4.94. The van der Waals surface area contributed by atoms with Gasteiger partial charge >= 0.3 is 0 Å². The van der Waals surface area contributed by atoms with Gasteiger partial charge in [0.1, 0.15) is 0 Å². The molecule has 1 aliphatic heterocycles. The number of rotatable bonds is 9. The zero-order chi connectivity index (χ0) is 15.0. The van der Waals surface area contributed by atoms with Crippen LogP contribution in [0.15, 0.2) is 0 Å². The largest absolute Gasteiger partial charge is 0.320 e. The highest BCUT2D eigenvalue weighted by Crippen LogP contribution is 2.24. The van der Waals surface area contributed by atoms with Gasteiger partial charge < -0.3 is 5.32 Å². The molecule has 1 aliphatic rings. The van der Waals surface area contributed by atoms with E-state index >= 15 is 0 Å². The van der Waals surface area contributed by atoms with Crippen molar-refractivity contribution in [2.75, 3.05) is 33.2 Å². The van der Waals surface area contributed by atoms with E-state index in [0.29, 0.717) is 19.6 Å². The average Bonchev–Trinajstić information content (AvgIpc) is 2.45. The highest BCUT2D eigenvalue weighted by molar-refractivity contribution is 7.86. The summed E-state index contributed by atoms with van der Waals surface area (Å²) in [5.41, 5.74) is 0. The van der Waals surface area contributed by atoms with E-state index in [4.69, 9.17) is 0 Å². The molecule has 0 aliphatic carbocycles. The minimum Gasteiger partial charge on any atom is -0.320 e. The molecule has 120 valence electrons. The third-order valence-electron chi connectivity index (χ3n) is 3.87. The van der Waals surface area contributed by atoms with E-state index in [0.717, 1.165) is 45.1 Å². The smallest absolute Gasteiger partial charge is 0.282 e. The Labute approximate surface area is 124 Å². The van der Waals surface area contributed by atoms with Crippen molar-refractivity contribution in [1.82, 2.24) is 13.9 Å². The number of nitrogens with one attached hydrogen (secondary N) is 1. The van der Waals surface area contributed by atoms with Gasteiger partial charge in [0.15, 0.2) is 0 Å². The molecule has 1 fully saturated rings. The fourth-order valence-electron chi connectivity index (χ4n) is 2.87. The normalized spacial score (nSPS) is 21.5. The molecule has 0 aromatic carbocycles. The topological polar surface area (TPSA) is 52.7 Å². The lowest BCUT2D eigenvalue weighted by atomic mass is 10.0. The zero-order valence-corrected chi connectivity index (χ0v) is 14.1. The minimum absolute atomic E-state index is 0.164. The van der Waals surface area contributed by atoms with Gasteiger partial charge in [0, 0.05) is 25.7 Å². The summed E-state index contributed by atoms with van der Waals surface area (Å²) in [7, 11) is -1.37. The third-order valence-corrected chi connectivity index (χ3v) is 5.96. The van der Waals surface area contributed by atoms with Crippen molar-refractivity contribution in [3.63, 3.8) is 0 Å². The molecule has 0 radical (unpaired) electrons. The van der Waals surface area contributed by atoms with E-state index < -0.39 is 10.2 Å². The first kappa shape index (κ1) is 17.9. The molecule has 6 heteroatoms. The van der Waals surface area contributed by atoms with E-state index in [1.165, 1.54) is 0 Å². The SMILES string of the molecule is CCCN(CCC)S(=O)(=O)N1CCCCC1CCNC. The average molecular weight is 305 g/mol. The van der Waals surface area contributed by atoms with Crippen LogP contribution in [-0.2, 0) is 10.2 Å². The molecule has 0 spiro atoms. The molecule has 1 N–H and O–H groups in total. The summed E-state index contributed by atoms with van der Waals surface area (Å²) < 4.78 is 29.2. The second kappa shape index (κ2) is 8.97. The number of piperidine rings is 1. The Morgan fingerprint density at radius 1 is 1.20 bits per heavy atom. The predicted molar refractivity (Wildman–Crippen MR) is 84.0 cm³/mol. The van der Waals surface area contributed by atoms with Crippen molar-refractivity contribution in [2.24, 2.45) is 0 Å². The van der Waals surface area contributed by atoms with Gasteiger partial charge in [-0.25, -0.2) is 0 Å². The van der Waals surface area contributed by atoms with Gasteiger partial charge in [0.25, 0.3) is 10.2 Å². The van der Waals surface area contributed by atoms with Crippen molar-refractivity contribution in [3.05, 3.63) is 0 Å². The summed E-state index contributed by atoms with van der Waals surface area (Å²) in [6.45, 7) is 6.88. The lowest BCUT2D eigenvalue weighted by Gasteiger charge is -2.38. The van der Waals surface area contributed by atoms with E-state index in [1.54, 1.807) is 8.61 Å². The Hall–Kier alpha value is -0.170. The van der Waals surface area contributed by atoms with E-state index in [1.807, 2.05) is 20.9 Å². The van der Waals surface area contributed by atoms with E-state index in [-0.39, 0.29) is 6.04 Å². The maximum absolute atomic E-state index is 12.9. The number of nitrogens with zero attached hydrogens (tertiary/aromatic N) is 2. The fraction of sp³-hybridized carbons (Fsp3) is 1.00. The molecule has 1 unspecified atom stereocenters. The van der Waals surface area contributed by atoms with Crippen LogP contribution >= 0.6 is 0 Å². The predicted octanol–water partition coefficient (Wildman–Crippen LogP) is 1.82. The minimum atomic E-state index is -3.29. The van der Waals surface area contributed by atoms with Crippen LogP contribution in [-0.4, -0.2) is 56.3 Å². The van der Waals surface area contributed by atoms with Gasteiger partial charge in [-0.1, -0.05) is 20.3 Å². The van der Waals surface area contributed by atoms with Crippen LogP contribution in [0.3, 0.4) is 0 Å². The van der Waals surface area contributed by atoms with Crippen LogP contribution in [0, 0.1) is 0 Å². The lowest BCUT2D eigenvalue weighted by molar-refractivity contribution is 0.221. The standard InChI is InChI=1S/C14H31N3O2S/c1-4-11-16(12-5-2)20(18,19)17-13-7-6-8-14(17)9-10-15-3/h14-15H,4-13H2,1-3H3. The summed E-state index contributed by atoms with van der Waals surface area (Å²) in [4.78, 5) is 0. The van der Waals surface area contributed by atoms with Gasteiger partial charge in [-0.15, -0.1) is 0 Å². The third kappa shape index (κ3) is 4.69. The van der Waals surface area contributed by atoms with Crippen LogP contribution in [0.5, 0.6) is 0 Å². The van der Waals surface area contributed by atoms with Crippen molar-refractivity contribution in [2.45, 2.75) is 58.4 Å². The highest BCUT2D eigenvalue weighted by atomic mass is 32.2.